The molecular formula is C16H19BrN4O. The number of hydrogen-bond donors (Lipinski definition) is 0. The zero-order chi connectivity index (χ0) is 15.7. The molecule has 0 bridgehead atoms. The van der Waals surface area contributed by atoms with Crippen LogP contribution in [0.4, 0.5) is 5.82 Å². The van der Waals surface area contributed by atoms with Crippen molar-refractivity contribution in [3.8, 4) is 0 Å². The van der Waals surface area contributed by atoms with Gasteiger partial charge >= 0.3 is 0 Å². The number of fused-ring (bicyclic) bond motifs is 1. The van der Waals surface area contributed by atoms with Crippen LogP contribution in [0, 0.1) is 5.92 Å². The number of rotatable bonds is 2. The third-order valence-corrected chi connectivity index (χ3v) is 4.58. The van der Waals surface area contributed by atoms with E-state index in [1.165, 1.54) is 0 Å². The summed E-state index contributed by atoms with van der Waals surface area (Å²) in [4.78, 5) is 25.0. The van der Waals surface area contributed by atoms with Crippen molar-refractivity contribution in [2.24, 2.45) is 5.92 Å². The van der Waals surface area contributed by atoms with Crippen molar-refractivity contribution < 1.29 is 4.79 Å². The molecule has 3 rings (SSSR count). The van der Waals surface area contributed by atoms with E-state index in [1.54, 1.807) is 11.2 Å². The van der Waals surface area contributed by atoms with Crippen molar-refractivity contribution >= 4 is 38.6 Å². The van der Waals surface area contributed by atoms with Crippen molar-refractivity contribution in [2.75, 3.05) is 32.1 Å². The molecule has 116 valence electrons. The molecule has 2 aromatic rings. The molecule has 6 heteroatoms. The largest absolute Gasteiger partial charge is 0.355 e. The molecule has 1 unspecified atom stereocenters. The topological polar surface area (TPSA) is 49.3 Å². The summed E-state index contributed by atoms with van der Waals surface area (Å²) in [5.74, 6) is 1.16. The number of aromatic nitrogens is 2. The molecule has 1 aliphatic heterocycles. The Hall–Kier alpha value is -1.69. The predicted octanol–water partition coefficient (Wildman–Crippen LogP) is 2.70. The Morgan fingerprint density at radius 2 is 2.18 bits per heavy atom. The Morgan fingerprint density at radius 1 is 1.36 bits per heavy atom. The van der Waals surface area contributed by atoms with Crippen LogP contribution in [0.15, 0.2) is 29.0 Å². The first-order valence-corrected chi connectivity index (χ1v) is 8.22. The minimum atomic E-state index is 0.0425. The maximum Gasteiger partial charge on any atom is 0.226 e. The monoisotopic (exact) mass is 362 g/mol. The molecule has 2 heterocycles. The molecular weight excluding hydrogens is 344 g/mol. The number of nitrogens with zero attached hydrogens (tertiary/aromatic N) is 4. The zero-order valence-electron chi connectivity index (χ0n) is 12.8. The summed E-state index contributed by atoms with van der Waals surface area (Å²) in [6.07, 6.45) is 3.55. The molecule has 22 heavy (non-hydrogen) atoms. The summed E-state index contributed by atoms with van der Waals surface area (Å²) < 4.78 is 1.01. The van der Waals surface area contributed by atoms with Gasteiger partial charge in [0.2, 0.25) is 5.91 Å². The minimum Gasteiger partial charge on any atom is -0.355 e. The summed E-state index contributed by atoms with van der Waals surface area (Å²) in [5, 5.41) is 1.02. The van der Waals surface area contributed by atoms with E-state index in [0.29, 0.717) is 0 Å². The fourth-order valence-corrected chi connectivity index (χ4v) is 3.36. The molecule has 0 aliphatic carbocycles. The number of carbonyl (C=O) groups excluding carboxylic acids is 1. The summed E-state index contributed by atoms with van der Waals surface area (Å²) >= 11 is 3.51. The smallest absolute Gasteiger partial charge is 0.226 e. The fraction of sp³-hybridized carbons (Fsp3) is 0.438. The molecule has 1 amide bonds. The van der Waals surface area contributed by atoms with E-state index in [0.717, 1.165) is 47.1 Å². The van der Waals surface area contributed by atoms with Crippen molar-refractivity contribution in [3.05, 3.63) is 29.0 Å². The molecule has 1 atom stereocenters. The Kier molecular flexibility index (Phi) is 4.29. The second kappa shape index (κ2) is 6.20. The van der Waals surface area contributed by atoms with Gasteiger partial charge in [0.1, 0.15) is 12.1 Å². The number of carbonyl (C=O) groups is 1. The van der Waals surface area contributed by atoms with Gasteiger partial charge in [-0.15, -0.1) is 0 Å². The quantitative estimate of drug-likeness (QED) is 0.823. The Morgan fingerprint density at radius 3 is 2.95 bits per heavy atom. The lowest BCUT2D eigenvalue weighted by Crippen LogP contribution is -2.43. The van der Waals surface area contributed by atoms with Crippen molar-refractivity contribution in [3.63, 3.8) is 0 Å². The van der Waals surface area contributed by atoms with Gasteiger partial charge in [0.05, 0.1) is 11.4 Å². The molecule has 1 aromatic heterocycles. The van der Waals surface area contributed by atoms with Crippen LogP contribution in [0.3, 0.4) is 0 Å². The molecule has 1 saturated heterocycles. The molecule has 0 saturated carbocycles. The van der Waals surface area contributed by atoms with E-state index in [1.807, 2.05) is 32.3 Å². The Balaban J connectivity index is 1.93. The van der Waals surface area contributed by atoms with Crippen molar-refractivity contribution in [2.45, 2.75) is 12.8 Å². The number of hydrogen-bond acceptors (Lipinski definition) is 4. The highest BCUT2D eigenvalue weighted by Gasteiger charge is 2.28. The Bertz CT molecular complexity index is 704. The molecule has 1 aromatic carbocycles. The second-order valence-corrected chi connectivity index (χ2v) is 6.79. The van der Waals surface area contributed by atoms with Crippen LogP contribution in [0.5, 0.6) is 0 Å². The van der Waals surface area contributed by atoms with Crippen LogP contribution in [-0.4, -0.2) is 48.0 Å². The van der Waals surface area contributed by atoms with Crippen LogP contribution in [0.25, 0.3) is 10.9 Å². The first-order valence-electron chi connectivity index (χ1n) is 7.42. The van der Waals surface area contributed by atoms with E-state index in [2.05, 4.69) is 30.8 Å². The number of benzene rings is 1. The fourth-order valence-electron chi connectivity index (χ4n) is 3.00. The number of amides is 1. The first kappa shape index (κ1) is 15.2. The highest BCUT2D eigenvalue weighted by molar-refractivity contribution is 9.10. The molecule has 0 radical (unpaired) electrons. The van der Waals surface area contributed by atoms with Gasteiger partial charge < -0.3 is 9.80 Å². The third-order valence-electron chi connectivity index (χ3n) is 4.09. The first-order chi connectivity index (χ1) is 10.6. The molecule has 5 nitrogen and oxygen atoms in total. The lowest BCUT2D eigenvalue weighted by Gasteiger charge is -2.34. The lowest BCUT2D eigenvalue weighted by molar-refractivity contribution is -0.133. The summed E-state index contributed by atoms with van der Waals surface area (Å²) in [6.45, 7) is 1.64. The average Bonchev–Trinajstić information content (AvgIpc) is 2.53. The van der Waals surface area contributed by atoms with Crippen molar-refractivity contribution in [1.82, 2.24) is 14.9 Å². The van der Waals surface area contributed by atoms with Crippen LogP contribution >= 0.6 is 15.9 Å². The van der Waals surface area contributed by atoms with Crippen LogP contribution < -0.4 is 4.90 Å². The van der Waals surface area contributed by atoms with E-state index < -0.39 is 0 Å². The highest BCUT2D eigenvalue weighted by atomic mass is 79.9. The number of halogens is 1. The van der Waals surface area contributed by atoms with Crippen molar-refractivity contribution in [1.29, 1.82) is 0 Å². The maximum atomic E-state index is 12.3. The normalized spacial score (nSPS) is 18.5. The Labute approximate surface area is 138 Å². The maximum absolute atomic E-state index is 12.3. The molecule has 1 aliphatic rings. The van der Waals surface area contributed by atoms with Crippen LogP contribution in [-0.2, 0) is 4.79 Å². The summed E-state index contributed by atoms with van der Waals surface area (Å²) in [7, 11) is 3.64. The van der Waals surface area contributed by atoms with E-state index in [-0.39, 0.29) is 11.8 Å². The van der Waals surface area contributed by atoms with Gasteiger partial charge in [-0.1, -0.05) is 15.9 Å². The molecule has 0 spiro atoms. The summed E-state index contributed by atoms with van der Waals surface area (Å²) in [6, 6.07) is 6.01. The van der Waals surface area contributed by atoms with Gasteiger partial charge in [0, 0.05) is 37.0 Å². The SMILES string of the molecule is CN(C)C(=O)C1CCCN(c2ncnc3ccc(Br)cc23)C1. The van der Waals surface area contributed by atoms with Crippen LogP contribution in [0.1, 0.15) is 12.8 Å². The minimum absolute atomic E-state index is 0.0425. The highest BCUT2D eigenvalue weighted by Crippen LogP contribution is 2.29. The average molecular weight is 363 g/mol. The standard InChI is InChI=1S/C16H19BrN4O/c1-20(2)16(22)11-4-3-7-21(9-11)15-13-8-12(17)5-6-14(13)18-10-19-15/h5-6,8,10-11H,3-4,7,9H2,1-2H3. The van der Waals surface area contributed by atoms with Gasteiger partial charge in [-0.25, -0.2) is 9.97 Å². The van der Waals surface area contributed by atoms with Gasteiger partial charge in [-0.05, 0) is 31.0 Å². The zero-order valence-corrected chi connectivity index (χ0v) is 14.4. The third kappa shape index (κ3) is 2.92. The van der Waals surface area contributed by atoms with E-state index in [4.69, 9.17) is 0 Å². The number of anilines is 1. The number of piperidine rings is 1. The molecule has 1 fully saturated rings. The summed E-state index contributed by atoms with van der Waals surface area (Å²) in [5.41, 5.74) is 0.925. The second-order valence-electron chi connectivity index (χ2n) is 5.88. The van der Waals surface area contributed by atoms with Crippen LogP contribution in [0.2, 0.25) is 0 Å². The predicted molar refractivity (Wildman–Crippen MR) is 90.9 cm³/mol. The van der Waals surface area contributed by atoms with E-state index in [9.17, 15) is 4.79 Å². The van der Waals surface area contributed by atoms with E-state index >= 15 is 0 Å². The van der Waals surface area contributed by atoms with Gasteiger partial charge in [-0.3, -0.25) is 4.79 Å². The van der Waals surface area contributed by atoms with Gasteiger partial charge in [-0.2, -0.15) is 0 Å². The lowest BCUT2D eigenvalue weighted by atomic mass is 9.96. The van der Waals surface area contributed by atoms with Gasteiger partial charge in [0.25, 0.3) is 0 Å². The molecule has 0 N–H and O–H groups in total. The van der Waals surface area contributed by atoms with Gasteiger partial charge in [0.15, 0.2) is 0 Å².